The highest BCUT2D eigenvalue weighted by atomic mass is 32.1. The molecule has 0 bridgehead atoms. The Bertz CT molecular complexity index is 768. The average molecular weight is 302 g/mol. The van der Waals surface area contributed by atoms with E-state index < -0.39 is 0 Å². The van der Waals surface area contributed by atoms with E-state index in [0.29, 0.717) is 0 Å². The quantitative estimate of drug-likeness (QED) is 0.648. The molecule has 102 valence electrons. The molecule has 0 N–H and O–H groups in total. The van der Waals surface area contributed by atoms with E-state index >= 15 is 0 Å². The Hall–Kier alpha value is -1.65. The number of methoxy groups -OCH3 is 1. The van der Waals surface area contributed by atoms with Gasteiger partial charge in [0, 0.05) is 15.0 Å². The monoisotopic (exact) mass is 302 g/mol. The van der Waals surface area contributed by atoms with Crippen LogP contribution in [0.15, 0.2) is 29.6 Å². The van der Waals surface area contributed by atoms with Crippen LogP contribution >= 0.6 is 22.7 Å². The van der Waals surface area contributed by atoms with Gasteiger partial charge in [0.25, 0.3) is 0 Å². The Morgan fingerprint density at radius 2 is 1.90 bits per heavy atom. The largest absolute Gasteiger partial charge is 0.496 e. The minimum atomic E-state index is 0.0988. The van der Waals surface area contributed by atoms with Crippen LogP contribution in [0.2, 0.25) is 0 Å². The summed E-state index contributed by atoms with van der Waals surface area (Å²) in [5.74, 6) is 0.924. The molecule has 3 rings (SSSR count). The smallest absolute Gasteiger partial charge is 0.203 e. The van der Waals surface area contributed by atoms with E-state index in [2.05, 4.69) is 11.4 Å². The summed E-state index contributed by atoms with van der Waals surface area (Å²) in [6, 6.07) is 7.91. The molecule has 0 spiro atoms. The van der Waals surface area contributed by atoms with E-state index in [1.165, 1.54) is 9.40 Å². The van der Waals surface area contributed by atoms with Gasteiger partial charge in [-0.05, 0) is 54.6 Å². The predicted molar refractivity (Wildman–Crippen MR) is 85.6 cm³/mol. The summed E-state index contributed by atoms with van der Waals surface area (Å²) in [6.07, 6.45) is 0. The third kappa shape index (κ3) is 2.15. The number of aryl methyl sites for hydroxylation is 2. The molecule has 2 aromatic heterocycles. The van der Waals surface area contributed by atoms with Crippen LogP contribution in [-0.4, -0.2) is 12.9 Å². The van der Waals surface area contributed by atoms with Crippen molar-refractivity contribution in [1.82, 2.24) is 0 Å². The molecule has 20 heavy (non-hydrogen) atoms. The maximum Gasteiger partial charge on any atom is 0.203 e. The molecule has 0 atom stereocenters. The zero-order valence-electron chi connectivity index (χ0n) is 11.5. The number of ether oxygens (including phenoxy) is 1. The van der Waals surface area contributed by atoms with Gasteiger partial charge in [-0.3, -0.25) is 4.79 Å². The van der Waals surface area contributed by atoms with E-state index in [1.807, 2.05) is 32.0 Å². The first-order valence-corrected chi connectivity index (χ1v) is 7.96. The van der Waals surface area contributed by atoms with Gasteiger partial charge in [-0.2, -0.15) is 0 Å². The lowest BCUT2D eigenvalue weighted by Crippen LogP contribution is -2.03. The molecule has 0 fully saturated rings. The normalized spacial score (nSPS) is 10.9. The van der Waals surface area contributed by atoms with E-state index in [-0.39, 0.29) is 5.78 Å². The van der Waals surface area contributed by atoms with Crippen LogP contribution in [0.1, 0.15) is 26.4 Å². The second-order valence-corrected chi connectivity index (χ2v) is 6.76. The van der Waals surface area contributed by atoms with Gasteiger partial charge in [0.15, 0.2) is 0 Å². The van der Waals surface area contributed by atoms with E-state index in [1.54, 1.807) is 29.8 Å². The molecule has 2 heterocycles. The lowest BCUT2D eigenvalue weighted by atomic mass is 10.0. The number of rotatable bonds is 3. The Labute approximate surface area is 125 Å². The number of hydrogen-bond acceptors (Lipinski definition) is 4. The fourth-order valence-corrected chi connectivity index (χ4v) is 4.33. The Balaban J connectivity index is 2.06. The minimum absolute atomic E-state index is 0.0988. The van der Waals surface area contributed by atoms with Gasteiger partial charge in [0.2, 0.25) is 5.78 Å². The van der Waals surface area contributed by atoms with Crippen molar-refractivity contribution in [2.45, 2.75) is 13.8 Å². The highest BCUT2D eigenvalue weighted by molar-refractivity contribution is 7.28. The second kappa shape index (κ2) is 5.04. The first-order valence-electron chi connectivity index (χ1n) is 6.27. The summed E-state index contributed by atoms with van der Waals surface area (Å²) in [7, 11) is 1.65. The summed E-state index contributed by atoms with van der Waals surface area (Å²) in [6.45, 7) is 3.91. The Kier molecular flexibility index (Phi) is 3.36. The van der Waals surface area contributed by atoms with Gasteiger partial charge in [-0.25, -0.2) is 0 Å². The topological polar surface area (TPSA) is 26.3 Å². The number of fused-ring (bicyclic) bond motifs is 1. The van der Waals surface area contributed by atoms with Crippen LogP contribution < -0.4 is 4.74 Å². The maximum atomic E-state index is 12.7. The van der Waals surface area contributed by atoms with Crippen LogP contribution in [0.5, 0.6) is 5.75 Å². The van der Waals surface area contributed by atoms with Crippen molar-refractivity contribution in [2.75, 3.05) is 7.11 Å². The standard InChI is InChI=1S/C16H14O2S2/c1-9-7-12(18-3)10(2)6-11(9)16(17)15-8-14-13(20-15)4-5-19-14/h4-8H,1-3H3. The van der Waals surface area contributed by atoms with Crippen LogP contribution in [0.25, 0.3) is 9.40 Å². The van der Waals surface area contributed by atoms with Crippen molar-refractivity contribution in [3.8, 4) is 5.75 Å². The molecule has 0 aliphatic rings. The summed E-state index contributed by atoms with van der Waals surface area (Å²) >= 11 is 3.23. The Morgan fingerprint density at radius 3 is 2.60 bits per heavy atom. The highest BCUT2D eigenvalue weighted by Crippen LogP contribution is 2.32. The minimum Gasteiger partial charge on any atom is -0.496 e. The van der Waals surface area contributed by atoms with Crippen molar-refractivity contribution in [3.63, 3.8) is 0 Å². The maximum absolute atomic E-state index is 12.7. The third-order valence-corrected chi connectivity index (χ3v) is 5.44. The average Bonchev–Trinajstić information content (AvgIpc) is 3.01. The van der Waals surface area contributed by atoms with Crippen molar-refractivity contribution in [2.24, 2.45) is 0 Å². The summed E-state index contributed by atoms with van der Waals surface area (Å²) < 4.78 is 7.66. The van der Waals surface area contributed by atoms with Gasteiger partial charge < -0.3 is 4.74 Å². The van der Waals surface area contributed by atoms with Gasteiger partial charge in [0.1, 0.15) is 5.75 Å². The molecular weight excluding hydrogens is 288 g/mol. The third-order valence-electron chi connectivity index (χ3n) is 3.35. The second-order valence-electron chi connectivity index (χ2n) is 4.73. The number of carbonyl (C=O) groups excluding carboxylic acids is 1. The molecule has 3 aromatic rings. The molecule has 0 unspecified atom stereocenters. The lowest BCUT2D eigenvalue weighted by Gasteiger charge is -2.09. The molecule has 0 saturated carbocycles. The fraction of sp³-hybridized carbons (Fsp3) is 0.188. The van der Waals surface area contributed by atoms with E-state index in [0.717, 1.165) is 27.3 Å². The number of benzene rings is 1. The molecule has 4 heteroatoms. The summed E-state index contributed by atoms with van der Waals surface area (Å²) in [5, 5.41) is 2.05. The van der Waals surface area contributed by atoms with E-state index in [4.69, 9.17) is 4.74 Å². The first kappa shape index (κ1) is 13.3. The number of ketones is 1. The molecule has 0 aliphatic carbocycles. The summed E-state index contributed by atoms with van der Waals surface area (Å²) in [4.78, 5) is 13.5. The van der Waals surface area contributed by atoms with Gasteiger partial charge in [0.05, 0.1) is 12.0 Å². The predicted octanol–water partition coefficient (Wildman–Crippen LogP) is 4.82. The molecule has 0 aliphatic heterocycles. The summed E-state index contributed by atoms with van der Waals surface area (Å²) in [5.41, 5.74) is 2.70. The van der Waals surface area contributed by atoms with Crippen molar-refractivity contribution < 1.29 is 9.53 Å². The molecule has 2 nitrogen and oxygen atoms in total. The van der Waals surface area contributed by atoms with E-state index in [9.17, 15) is 4.79 Å². The molecule has 0 radical (unpaired) electrons. The van der Waals surface area contributed by atoms with Crippen LogP contribution in [-0.2, 0) is 0 Å². The van der Waals surface area contributed by atoms with Crippen LogP contribution in [0, 0.1) is 13.8 Å². The number of thiophene rings is 2. The zero-order valence-corrected chi connectivity index (χ0v) is 13.2. The van der Waals surface area contributed by atoms with Crippen molar-refractivity contribution in [1.29, 1.82) is 0 Å². The zero-order chi connectivity index (χ0) is 14.3. The van der Waals surface area contributed by atoms with Gasteiger partial charge in [-0.15, -0.1) is 22.7 Å². The number of hydrogen-bond donors (Lipinski definition) is 0. The SMILES string of the molecule is COc1cc(C)c(C(=O)c2cc3sccc3s2)cc1C. The first-order chi connectivity index (χ1) is 9.60. The molecule has 0 saturated heterocycles. The van der Waals surface area contributed by atoms with Crippen molar-refractivity contribution in [3.05, 3.63) is 51.2 Å². The van der Waals surface area contributed by atoms with Crippen LogP contribution in [0.3, 0.4) is 0 Å². The Morgan fingerprint density at radius 1 is 1.10 bits per heavy atom. The van der Waals surface area contributed by atoms with Crippen molar-refractivity contribution >= 4 is 37.9 Å². The van der Waals surface area contributed by atoms with Crippen LogP contribution in [0.4, 0.5) is 0 Å². The lowest BCUT2D eigenvalue weighted by molar-refractivity contribution is 0.104. The number of carbonyl (C=O) groups is 1. The highest BCUT2D eigenvalue weighted by Gasteiger charge is 2.17. The van der Waals surface area contributed by atoms with Gasteiger partial charge >= 0.3 is 0 Å². The molecular formula is C16H14O2S2. The van der Waals surface area contributed by atoms with Gasteiger partial charge in [-0.1, -0.05) is 0 Å². The fourth-order valence-electron chi connectivity index (χ4n) is 2.26. The molecule has 0 amide bonds. The molecule has 1 aromatic carbocycles.